The standard InChI is InChI=1S/C16H15ClN2O4/c1-9-5-6-11(13(20)8-9)16(22)23-10(2)15(21)19-12-4-3-7-18-14(12)17/h3-8,10,20H,1-2H3,(H,19,21)/t10-/m0/s1. The number of phenolic OH excluding ortho intramolecular Hbond substituents is 1. The zero-order valence-corrected chi connectivity index (χ0v) is 13.3. The van der Waals surface area contributed by atoms with Gasteiger partial charge in [-0.2, -0.15) is 0 Å². The Bertz CT molecular complexity index is 749. The topological polar surface area (TPSA) is 88.5 Å². The predicted octanol–water partition coefficient (Wildman–Crippen LogP) is 2.93. The molecule has 2 aromatic rings. The minimum atomic E-state index is -1.07. The number of anilines is 1. The Morgan fingerprint density at radius 2 is 2.09 bits per heavy atom. The molecule has 7 heteroatoms. The fourth-order valence-electron chi connectivity index (χ4n) is 1.81. The number of pyridine rings is 1. The number of hydrogen-bond acceptors (Lipinski definition) is 5. The molecule has 1 atom stereocenters. The number of aryl methyl sites for hydroxylation is 1. The summed E-state index contributed by atoms with van der Waals surface area (Å²) >= 11 is 5.84. The van der Waals surface area contributed by atoms with Gasteiger partial charge in [0.1, 0.15) is 11.3 Å². The molecular formula is C16H15ClN2O4. The maximum atomic E-state index is 12.0. The van der Waals surface area contributed by atoms with Gasteiger partial charge in [0, 0.05) is 6.20 Å². The molecule has 0 saturated carbocycles. The highest BCUT2D eigenvalue weighted by Crippen LogP contribution is 2.21. The largest absolute Gasteiger partial charge is 0.507 e. The molecule has 1 aromatic carbocycles. The summed E-state index contributed by atoms with van der Waals surface area (Å²) in [5, 5.41) is 12.4. The number of rotatable bonds is 4. The average Bonchev–Trinajstić information content (AvgIpc) is 2.49. The first-order valence-electron chi connectivity index (χ1n) is 6.80. The van der Waals surface area contributed by atoms with Crippen molar-refractivity contribution in [2.45, 2.75) is 20.0 Å². The monoisotopic (exact) mass is 334 g/mol. The molecule has 0 aliphatic carbocycles. The lowest BCUT2D eigenvalue weighted by Gasteiger charge is -2.14. The molecule has 0 saturated heterocycles. The van der Waals surface area contributed by atoms with Crippen molar-refractivity contribution >= 4 is 29.2 Å². The molecular weight excluding hydrogens is 320 g/mol. The van der Waals surface area contributed by atoms with Crippen LogP contribution in [0, 0.1) is 6.92 Å². The van der Waals surface area contributed by atoms with Gasteiger partial charge >= 0.3 is 5.97 Å². The summed E-state index contributed by atoms with van der Waals surface area (Å²) in [6.07, 6.45) is 0.418. The minimum absolute atomic E-state index is 0.00494. The van der Waals surface area contributed by atoms with Crippen LogP contribution in [0.1, 0.15) is 22.8 Å². The third-order valence-corrected chi connectivity index (χ3v) is 3.34. The van der Waals surface area contributed by atoms with Crippen molar-refractivity contribution < 1.29 is 19.4 Å². The second-order valence-corrected chi connectivity index (χ2v) is 5.26. The number of amides is 1. The first-order chi connectivity index (χ1) is 10.9. The van der Waals surface area contributed by atoms with Crippen molar-refractivity contribution in [3.63, 3.8) is 0 Å². The van der Waals surface area contributed by atoms with Gasteiger partial charge in [-0.3, -0.25) is 4.79 Å². The number of phenols is 1. The van der Waals surface area contributed by atoms with Gasteiger partial charge in [0.05, 0.1) is 5.69 Å². The molecule has 1 heterocycles. The quantitative estimate of drug-likeness (QED) is 0.663. The fourth-order valence-corrected chi connectivity index (χ4v) is 1.97. The Labute approximate surface area is 138 Å². The molecule has 1 aromatic heterocycles. The van der Waals surface area contributed by atoms with E-state index in [0.29, 0.717) is 5.69 Å². The Morgan fingerprint density at radius 3 is 2.74 bits per heavy atom. The van der Waals surface area contributed by atoms with Crippen molar-refractivity contribution in [1.82, 2.24) is 4.98 Å². The molecule has 0 aliphatic rings. The van der Waals surface area contributed by atoms with Crippen LogP contribution in [0.3, 0.4) is 0 Å². The lowest BCUT2D eigenvalue weighted by atomic mass is 10.1. The Kier molecular flexibility index (Phi) is 5.18. The molecule has 6 nitrogen and oxygen atoms in total. The maximum Gasteiger partial charge on any atom is 0.342 e. The van der Waals surface area contributed by atoms with E-state index in [4.69, 9.17) is 16.3 Å². The van der Waals surface area contributed by atoms with Crippen LogP contribution in [0.15, 0.2) is 36.5 Å². The van der Waals surface area contributed by atoms with E-state index < -0.39 is 18.0 Å². The number of aromatic nitrogens is 1. The minimum Gasteiger partial charge on any atom is -0.507 e. The van der Waals surface area contributed by atoms with Gasteiger partial charge in [0.25, 0.3) is 5.91 Å². The van der Waals surface area contributed by atoms with Crippen molar-refractivity contribution in [3.8, 4) is 5.75 Å². The van der Waals surface area contributed by atoms with Crippen LogP contribution < -0.4 is 5.32 Å². The number of carbonyl (C=O) groups is 2. The summed E-state index contributed by atoms with van der Waals surface area (Å²) in [4.78, 5) is 27.9. The number of ether oxygens (including phenoxy) is 1. The third-order valence-electron chi connectivity index (χ3n) is 3.04. The molecule has 0 radical (unpaired) electrons. The SMILES string of the molecule is Cc1ccc(C(=O)O[C@@H](C)C(=O)Nc2cccnc2Cl)c(O)c1. The zero-order chi connectivity index (χ0) is 17.0. The zero-order valence-electron chi connectivity index (χ0n) is 12.5. The van der Waals surface area contributed by atoms with E-state index in [-0.39, 0.29) is 16.5 Å². The maximum absolute atomic E-state index is 12.0. The summed E-state index contributed by atoms with van der Waals surface area (Å²) in [6.45, 7) is 3.20. The van der Waals surface area contributed by atoms with E-state index in [1.54, 1.807) is 25.1 Å². The molecule has 0 bridgehead atoms. The molecule has 2 N–H and O–H groups in total. The summed E-state index contributed by atoms with van der Waals surface area (Å²) in [5.41, 5.74) is 1.12. The van der Waals surface area contributed by atoms with Gasteiger partial charge < -0.3 is 15.2 Å². The number of nitrogens with zero attached hydrogens (tertiary/aromatic N) is 1. The summed E-state index contributed by atoms with van der Waals surface area (Å²) in [6, 6.07) is 7.74. The van der Waals surface area contributed by atoms with Crippen LogP contribution in [0.2, 0.25) is 5.15 Å². The van der Waals surface area contributed by atoms with Gasteiger partial charge in [-0.05, 0) is 43.7 Å². The van der Waals surface area contributed by atoms with Gasteiger partial charge in [-0.1, -0.05) is 17.7 Å². The van der Waals surface area contributed by atoms with Crippen molar-refractivity contribution in [2.24, 2.45) is 0 Å². The second kappa shape index (κ2) is 7.11. The van der Waals surface area contributed by atoms with E-state index in [9.17, 15) is 14.7 Å². The van der Waals surface area contributed by atoms with E-state index in [2.05, 4.69) is 10.3 Å². The van der Waals surface area contributed by atoms with Gasteiger partial charge in [0.15, 0.2) is 11.3 Å². The molecule has 0 spiro atoms. The van der Waals surface area contributed by atoms with E-state index in [0.717, 1.165) is 5.56 Å². The highest BCUT2D eigenvalue weighted by Gasteiger charge is 2.21. The number of esters is 1. The van der Waals surface area contributed by atoms with Crippen LogP contribution in [-0.4, -0.2) is 28.1 Å². The molecule has 0 fully saturated rings. The highest BCUT2D eigenvalue weighted by molar-refractivity contribution is 6.32. The molecule has 0 unspecified atom stereocenters. The lowest BCUT2D eigenvalue weighted by molar-refractivity contribution is -0.123. The van der Waals surface area contributed by atoms with Crippen molar-refractivity contribution in [3.05, 3.63) is 52.8 Å². The van der Waals surface area contributed by atoms with Crippen LogP contribution in [0.25, 0.3) is 0 Å². The van der Waals surface area contributed by atoms with Gasteiger partial charge in [-0.15, -0.1) is 0 Å². The predicted molar refractivity (Wildman–Crippen MR) is 85.6 cm³/mol. The highest BCUT2D eigenvalue weighted by atomic mass is 35.5. The molecule has 2 rings (SSSR count). The lowest BCUT2D eigenvalue weighted by Crippen LogP contribution is -2.30. The van der Waals surface area contributed by atoms with Crippen LogP contribution >= 0.6 is 11.6 Å². The Morgan fingerprint density at radius 1 is 1.35 bits per heavy atom. The first-order valence-corrected chi connectivity index (χ1v) is 7.18. The molecule has 1 amide bonds. The number of nitrogens with one attached hydrogen (secondary N) is 1. The summed E-state index contributed by atoms with van der Waals surface area (Å²) < 4.78 is 5.06. The van der Waals surface area contributed by atoms with Gasteiger partial charge in [0.2, 0.25) is 0 Å². The van der Waals surface area contributed by atoms with Crippen molar-refractivity contribution in [1.29, 1.82) is 0 Å². The second-order valence-electron chi connectivity index (χ2n) is 4.90. The third kappa shape index (κ3) is 4.20. The summed E-state index contributed by atoms with van der Waals surface area (Å²) in [7, 11) is 0. The Hall–Kier alpha value is -2.60. The van der Waals surface area contributed by atoms with E-state index in [1.807, 2.05) is 0 Å². The van der Waals surface area contributed by atoms with Crippen LogP contribution in [-0.2, 0) is 9.53 Å². The van der Waals surface area contributed by atoms with Crippen LogP contribution in [0.5, 0.6) is 5.75 Å². The number of halogens is 1. The Balaban J connectivity index is 2.03. The number of carbonyl (C=O) groups excluding carboxylic acids is 2. The molecule has 0 aliphatic heterocycles. The number of hydrogen-bond donors (Lipinski definition) is 2. The van der Waals surface area contributed by atoms with Gasteiger partial charge in [-0.25, -0.2) is 9.78 Å². The normalized spacial score (nSPS) is 11.6. The van der Waals surface area contributed by atoms with E-state index >= 15 is 0 Å². The van der Waals surface area contributed by atoms with Crippen LogP contribution in [0.4, 0.5) is 5.69 Å². The smallest absolute Gasteiger partial charge is 0.342 e. The van der Waals surface area contributed by atoms with Crippen molar-refractivity contribution in [2.75, 3.05) is 5.32 Å². The number of aromatic hydroxyl groups is 1. The molecule has 120 valence electrons. The molecule has 23 heavy (non-hydrogen) atoms. The van der Waals surface area contributed by atoms with E-state index in [1.165, 1.54) is 25.3 Å². The summed E-state index contributed by atoms with van der Waals surface area (Å²) in [5.74, 6) is -1.54. The average molecular weight is 335 g/mol. The first kappa shape index (κ1) is 16.8. The number of benzene rings is 1. The fraction of sp³-hybridized carbons (Fsp3) is 0.188.